The van der Waals surface area contributed by atoms with Crippen molar-refractivity contribution in [2.75, 3.05) is 6.61 Å². The molecule has 0 bridgehead atoms. The van der Waals surface area contributed by atoms with Crippen LogP contribution in [-0.2, 0) is 17.6 Å². The molecule has 0 saturated heterocycles. The maximum atomic E-state index is 13.2. The normalized spacial score (nSPS) is 12.8. The molecule has 0 aliphatic heterocycles. The van der Waals surface area contributed by atoms with Crippen LogP contribution in [0, 0.1) is 6.92 Å². The fourth-order valence-corrected chi connectivity index (χ4v) is 3.61. The zero-order valence-electron chi connectivity index (χ0n) is 16.1. The van der Waals surface area contributed by atoms with Crippen LogP contribution in [0.25, 0.3) is 17.0 Å². The lowest BCUT2D eigenvalue weighted by atomic mass is 10.2. The van der Waals surface area contributed by atoms with Gasteiger partial charge in [-0.05, 0) is 13.0 Å². The number of rotatable bonds is 6. The Morgan fingerprint density at radius 2 is 2.00 bits per heavy atom. The quantitative estimate of drug-likeness (QED) is 0.495. The first-order chi connectivity index (χ1) is 13.0. The fourth-order valence-electron chi connectivity index (χ4n) is 2.85. The molecule has 3 heterocycles. The van der Waals surface area contributed by atoms with Gasteiger partial charge in [-0.1, -0.05) is 19.6 Å². The highest BCUT2D eigenvalue weighted by Gasteiger charge is 2.34. The van der Waals surface area contributed by atoms with Crippen LogP contribution in [0.15, 0.2) is 23.3 Å². The van der Waals surface area contributed by atoms with E-state index in [0.29, 0.717) is 29.6 Å². The first kappa shape index (κ1) is 20.3. The number of halogens is 3. The summed E-state index contributed by atoms with van der Waals surface area (Å²) in [6, 6.07) is 1.42. The highest BCUT2D eigenvalue weighted by molar-refractivity contribution is 6.76. The van der Waals surface area contributed by atoms with Crippen LogP contribution in [0.5, 0.6) is 0 Å². The van der Waals surface area contributed by atoms with Gasteiger partial charge in [0, 0.05) is 38.2 Å². The molecule has 7 nitrogen and oxygen atoms in total. The third-order valence-corrected chi connectivity index (χ3v) is 6.10. The van der Waals surface area contributed by atoms with Crippen LogP contribution < -0.4 is 5.56 Å². The molecule has 0 aliphatic rings. The Kier molecular flexibility index (Phi) is 5.23. The molecule has 3 aromatic rings. The molecule has 0 saturated carbocycles. The van der Waals surface area contributed by atoms with Gasteiger partial charge in [0.1, 0.15) is 6.73 Å². The van der Waals surface area contributed by atoms with Crippen molar-refractivity contribution in [3.8, 4) is 11.3 Å². The Morgan fingerprint density at radius 1 is 1.29 bits per heavy atom. The number of fused-ring (bicyclic) bond motifs is 1. The van der Waals surface area contributed by atoms with Gasteiger partial charge in [-0.3, -0.25) is 14.5 Å². The van der Waals surface area contributed by atoms with Crippen molar-refractivity contribution in [2.45, 2.75) is 45.5 Å². The standard InChI is InChI=1S/C17H22F3N5O2Si/c1-11-15(12-8-21-22-9-12)25-14(26)7-13(17(18,19)20)23-16(25)24(11)10-27-5-6-28(2,3)4/h7-9H,5-6,10H2,1-4H3,(H,21,22). The summed E-state index contributed by atoms with van der Waals surface area (Å²) in [6.07, 6.45) is -1.64. The Bertz CT molecular complexity index is 1030. The van der Waals surface area contributed by atoms with E-state index in [9.17, 15) is 18.0 Å². The minimum absolute atomic E-state index is 0.00537. The van der Waals surface area contributed by atoms with Crippen molar-refractivity contribution >= 4 is 13.9 Å². The van der Waals surface area contributed by atoms with Gasteiger partial charge < -0.3 is 4.74 Å². The molecular weight excluding hydrogens is 391 g/mol. The summed E-state index contributed by atoms with van der Waals surface area (Å²) < 4.78 is 47.9. The molecule has 0 fully saturated rings. The summed E-state index contributed by atoms with van der Waals surface area (Å²) in [5, 5.41) is 6.52. The first-order valence-electron chi connectivity index (χ1n) is 8.76. The molecule has 0 aromatic carbocycles. The Balaban J connectivity index is 2.12. The van der Waals surface area contributed by atoms with Crippen molar-refractivity contribution in [2.24, 2.45) is 0 Å². The summed E-state index contributed by atoms with van der Waals surface area (Å²) in [5.74, 6) is -0.110. The van der Waals surface area contributed by atoms with Crippen LogP contribution in [0.3, 0.4) is 0 Å². The van der Waals surface area contributed by atoms with Crippen molar-refractivity contribution in [1.29, 1.82) is 0 Å². The highest BCUT2D eigenvalue weighted by Crippen LogP contribution is 2.29. The first-order valence-corrected chi connectivity index (χ1v) is 12.5. The van der Waals surface area contributed by atoms with Gasteiger partial charge in [-0.2, -0.15) is 18.3 Å². The maximum absolute atomic E-state index is 13.2. The number of nitrogens with zero attached hydrogens (tertiary/aromatic N) is 4. The molecule has 3 rings (SSSR count). The van der Waals surface area contributed by atoms with E-state index >= 15 is 0 Å². The molecule has 0 unspecified atom stereocenters. The third-order valence-electron chi connectivity index (χ3n) is 4.39. The molecular formula is C17H22F3N5O2Si. The molecule has 1 N–H and O–H groups in total. The van der Waals surface area contributed by atoms with Gasteiger partial charge in [0.05, 0.1) is 11.9 Å². The average Bonchev–Trinajstić information content (AvgIpc) is 3.16. The van der Waals surface area contributed by atoms with E-state index in [1.165, 1.54) is 10.8 Å². The summed E-state index contributed by atoms with van der Waals surface area (Å²) >= 11 is 0. The van der Waals surface area contributed by atoms with Gasteiger partial charge in [0.25, 0.3) is 5.56 Å². The Labute approximate surface area is 160 Å². The molecule has 11 heteroatoms. The Morgan fingerprint density at radius 3 is 2.57 bits per heavy atom. The topological polar surface area (TPSA) is 77.2 Å². The van der Waals surface area contributed by atoms with Crippen molar-refractivity contribution in [3.05, 3.63) is 40.2 Å². The van der Waals surface area contributed by atoms with Crippen LogP contribution in [0.4, 0.5) is 13.2 Å². The largest absolute Gasteiger partial charge is 0.433 e. The smallest absolute Gasteiger partial charge is 0.361 e. The van der Waals surface area contributed by atoms with Gasteiger partial charge in [-0.25, -0.2) is 9.38 Å². The van der Waals surface area contributed by atoms with Gasteiger partial charge in [0.15, 0.2) is 5.69 Å². The highest BCUT2D eigenvalue weighted by atomic mass is 28.3. The molecule has 3 aromatic heterocycles. The van der Waals surface area contributed by atoms with E-state index in [2.05, 4.69) is 34.8 Å². The van der Waals surface area contributed by atoms with Gasteiger partial charge >= 0.3 is 6.18 Å². The van der Waals surface area contributed by atoms with Crippen LogP contribution in [-0.4, -0.2) is 38.8 Å². The van der Waals surface area contributed by atoms with Crippen molar-refractivity contribution in [3.63, 3.8) is 0 Å². The average molecular weight is 413 g/mol. The van der Waals surface area contributed by atoms with Crippen molar-refractivity contribution in [1.82, 2.24) is 24.1 Å². The van der Waals surface area contributed by atoms with E-state index in [1.807, 2.05) is 0 Å². The molecule has 0 amide bonds. The number of hydrogen-bond acceptors (Lipinski definition) is 4. The van der Waals surface area contributed by atoms with Gasteiger partial charge in [0.2, 0.25) is 5.78 Å². The molecule has 152 valence electrons. The molecule has 0 aliphatic carbocycles. The van der Waals surface area contributed by atoms with Crippen LogP contribution in [0.2, 0.25) is 25.7 Å². The minimum Gasteiger partial charge on any atom is -0.361 e. The lowest BCUT2D eigenvalue weighted by Gasteiger charge is -2.16. The molecule has 0 radical (unpaired) electrons. The SMILES string of the molecule is Cc1c(-c2cn[nH]c2)n2c(=O)cc(C(F)(F)F)nc2n1COCC[Si](C)(C)C. The number of aromatic amines is 1. The summed E-state index contributed by atoms with van der Waals surface area (Å²) in [7, 11) is -1.31. The second kappa shape index (κ2) is 7.21. The van der Waals surface area contributed by atoms with Gasteiger partial charge in [-0.15, -0.1) is 0 Å². The zero-order valence-corrected chi connectivity index (χ0v) is 17.1. The molecule has 0 spiro atoms. The van der Waals surface area contributed by atoms with Crippen LogP contribution >= 0.6 is 0 Å². The van der Waals surface area contributed by atoms with Crippen LogP contribution in [0.1, 0.15) is 11.4 Å². The lowest BCUT2D eigenvalue weighted by Crippen LogP contribution is -2.23. The van der Waals surface area contributed by atoms with E-state index in [-0.39, 0.29) is 12.5 Å². The zero-order chi connectivity index (χ0) is 20.7. The molecule has 0 atom stereocenters. The minimum atomic E-state index is -4.72. The number of H-pyrrole nitrogens is 1. The number of aromatic nitrogens is 5. The summed E-state index contributed by atoms with van der Waals surface area (Å²) in [6.45, 7) is 8.84. The van der Waals surface area contributed by atoms with E-state index in [0.717, 1.165) is 10.4 Å². The van der Waals surface area contributed by atoms with E-state index < -0.39 is 25.5 Å². The number of imidazole rings is 1. The third kappa shape index (κ3) is 4.04. The number of alkyl halides is 3. The number of nitrogens with one attached hydrogen (secondary N) is 1. The monoisotopic (exact) mass is 413 g/mol. The Hall–Kier alpha value is -2.40. The number of hydrogen-bond donors (Lipinski definition) is 1. The second-order valence-corrected chi connectivity index (χ2v) is 13.4. The lowest BCUT2D eigenvalue weighted by molar-refractivity contribution is -0.141. The second-order valence-electron chi connectivity index (χ2n) is 7.81. The predicted octanol–water partition coefficient (Wildman–Crippen LogP) is 3.53. The van der Waals surface area contributed by atoms with E-state index in [4.69, 9.17) is 4.74 Å². The predicted molar refractivity (Wildman–Crippen MR) is 101 cm³/mol. The van der Waals surface area contributed by atoms with E-state index in [1.54, 1.807) is 13.1 Å². The van der Waals surface area contributed by atoms with Crippen molar-refractivity contribution < 1.29 is 17.9 Å². The number of ether oxygens (including phenoxy) is 1. The fraction of sp³-hybridized carbons (Fsp3) is 0.471. The summed E-state index contributed by atoms with van der Waals surface area (Å²) in [5.41, 5.74) is -0.455. The summed E-state index contributed by atoms with van der Waals surface area (Å²) in [4.78, 5) is 16.3. The molecule has 28 heavy (non-hydrogen) atoms. The maximum Gasteiger partial charge on any atom is 0.433 e.